The van der Waals surface area contributed by atoms with Crippen molar-refractivity contribution in [1.29, 1.82) is 0 Å². The molecule has 0 bridgehead atoms. The van der Waals surface area contributed by atoms with Crippen LogP contribution in [-0.2, 0) is 4.84 Å². The van der Waals surface area contributed by atoms with Crippen molar-refractivity contribution >= 4 is 43.9 Å². The fraction of sp³-hybridized carbons (Fsp3) is 0.385. The van der Waals surface area contributed by atoms with E-state index in [1.165, 1.54) is 32.5 Å². The van der Waals surface area contributed by atoms with Crippen molar-refractivity contribution in [2.24, 2.45) is 10.1 Å². The van der Waals surface area contributed by atoms with Crippen LogP contribution in [0.4, 0.5) is 5.69 Å². The first-order valence-corrected chi connectivity index (χ1v) is 12.7. The predicted octanol–water partition coefficient (Wildman–Crippen LogP) is 3.00. The largest absolute Gasteiger partial charge is 0.494 e. The van der Waals surface area contributed by atoms with E-state index in [9.17, 15) is 5.11 Å². The van der Waals surface area contributed by atoms with E-state index in [-0.39, 0.29) is 5.88 Å². The molecule has 6 rings (SSSR count). The molecule has 176 valence electrons. The van der Waals surface area contributed by atoms with Crippen molar-refractivity contribution in [3.05, 3.63) is 58.1 Å². The number of oxime groups is 1. The molecule has 2 fully saturated rings. The molecule has 2 aromatic carbocycles. The van der Waals surface area contributed by atoms with Crippen molar-refractivity contribution in [2.45, 2.75) is 18.4 Å². The van der Waals surface area contributed by atoms with Crippen LogP contribution in [0.25, 0.3) is 10.9 Å². The van der Waals surface area contributed by atoms with Gasteiger partial charge in [-0.25, -0.2) is 4.99 Å². The molecule has 0 amide bonds. The van der Waals surface area contributed by atoms with E-state index >= 15 is 0 Å². The number of aromatic hydroxyl groups is 1. The van der Waals surface area contributed by atoms with E-state index in [4.69, 9.17) is 9.83 Å². The first-order valence-electron chi connectivity index (χ1n) is 11.9. The first kappa shape index (κ1) is 21.8. The standard InChI is InChI=1S/C26H28BrN5O2/c1-31-11-9-26(10-12-31)16-32(26,2)13-14-34-30-23-18-5-3-4-6-20(18)28-24(23)22-19-15-17(27)7-8-21(19)29-25(22)33/h3-8,15H,9-14,16H2,1-2H3,(H-,28,29,30,33)/p+2. The van der Waals surface area contributed by atoms with Crippen LogP contribution in [-0.4, -0.2) is 78.4 Å². The zero-order chi connectivity index (χ0) is 23.5. The molecule has 1 spiro atoms. The zero-order valence-electron chi connectivity index (χ0n) is 19.6. The van der Waals surface area contributed by atoms with Gasteiger partial charge in [-0.05, 0) is 24.3 Å². The second-order valence-corrected chi connectivity index (χ2v) is 11.2. The minimum Gasteiger partial charge on any atom is -0.494 e. The van der Waals surface area contributed by atoms with Gasteiger partial charge in [0.25, 0.3) is 0 Å². The summed E-state index contributed by atoms with van der Waals surface area (Å²) in [4.78, 5) is 15.5. The molecular formula is C26H30BrN5O2+2. The van der Waals surface area contributed by atoms with Crippen molar-refractivity contribution in [3.63, 3.8) is 0 Å². The van der Waals surface area contributed by atoms with Gasteiger partial charge in [0.15, 0.2) is 18.0 Å². The number of benzene rings is 2. The Morgan fingerprint density at radius 2 is 2.03 bits per heavy atom. The number of aromatic amines is 1. The quantitative estimate of drug-likeness (QED) is 0.208. The van der Waals surface area contributed by atoms with Gasteiger partial charge in [0.1, 0.15) is 24.5 Å². The summed E-state index contributed by atoms with van der Waals surface area (Å²) in [6, 6.07) is 13.8. The van der Waals surface area contributed by atoms with Crippen molar-refractivity contribution in [2.75, 3.05) is 46.9 Å². The van der Waals surface area contributed by atoms with Crippen molar-refractivity contribution < 1.29 is 19.3 Å². The fourth-order valence-corrected chi connectivity index (χ4v) is 6.21. The average Bonchev–Trinajstić information content (AvgIpc) is 3.07. The van der Waals surface area contributed by atoms with Gasteiger partial charge in [-0.15, -0.1) is 0 Å². The summed E-state index contributed by atoms with van der Waals surface area (Å²) in [5.41, 5.74) is 4.99. The van der Waals surface area contributed by atoms with E-state index < -0.39 is 0 Å². The molecule has 0 radical (unpaired) electrons. The van der Waals surface area contributed by atoms with Crippen LogP contribution in [0.5, 0.6) is 5.88 Å². The summed E-state index contributed by atoms with van der Waals surface area (Å²) >= 11 is 3.54. The van der Waals surface area contributed by atoms with E-state index in [0.29, 0.717) is 29.1 Å². The van der Waals surface area contributed by atoms with E-state index in [1.54, 1.807) is 4.90 Å². The summed E-state index contributed by atoms with van der Waals surface area (Å²) in [6.07, 6.45) is 2.59. The van der Waals surface area contributed by atoms with E-state index in [0.717, 1.165) is 37.7 Å². The summed E-state index contributed by atoms with van der Waals surface area (Å²) in [5, 5.41) is 16.2. The normalized spacial score (nSPS) is 29.0. The number of hydrogen-bond acceptors (Lipinski definition) is 4. The number of nitrogens with zero attached hydrogens (tertiary/aromatic N) is 3. The van der Waals surface area contributed by atoms with Crippen LogP contribution in [0.2, 0.25) is 0 Å². The molecule has 1 atom stereocenters. The Balaban J connectivity index is 1.25. The number of aromatic nitrogens is 1. The Labute approximate surface area is 207 Å². The number of rotatable bonds is 5. The van der Waals surface area contributed by atoms with E-state index in [1.807, 2.05) is 42.5 Å². The number of hydrogen-bond donors (Lipinski definition) is 3. The Kier molecular flexibility index (Phi) is 5.09. The molecule has 2 saturated heterocycles. The second kappa shape index (κ2) is 7.93. The summed E-state index contributed by atoms with van der Waals surface area (Å²) in [6.45, 7) is 5.28. The molecule has 0 aliphatic carbocycles. The molecule has 8 heteroatoms. The van der Waals surface area contributed by atoms with Crippen LogP contribution in [0, 0.1) is 0 Å². The van der Waals surface area contributed by atoms with Gasteiger partial charge in [-0.2, -0.15) is 0 Å². The van der Waals surface area contributed by atoms with Crippen LogP contribution in [0.3, 0.4) is 0 Å². The number of para-hydroxylation sites is 1. The molecule has 3 aromatic rings. The molecular weight excluding hydrogens is 494 g/mol. The molecule has 4 heterocycles. The predicted molar refractivity (Wildman–Crippen MR) is 137 cm³/mol. The Hall–Kier alpha value is -2.68. The molecule has 1 unspecified atom stereocenters. The molecule has 0 saturated carbocycles. The van der Waals surface area contributed by atoms with Gasteiger partial charge in [-0.1, -0.05) is 39.3 Å². The van der Waals surface area contributed by atoms with E-state index in [2.05, 4.69) is 40.2 Å². The topological polar surface area (TPSA) is 74.4 Å². The maximum absolute atomic E-state index is 10.8. The third kappa shape index (κ3) is 3.47. The smallest absolute Gasteiger partial charge is 0.199 e. The molecule has 3 aliphatic heterocycles. The maximum atomic E-state index is 10.8. The number of likely N-dealkylation sites (tertiary alicyclic amines) is 1. The Morgan fingerprint density at radius 3 is 2.85 bits per heavy atom. The highest BCUT2D eigenvalue weighted by molar-refractivity contribution is 9.10. The zero-order valence-corrected chi connectivity index (χ0v) is 21.2. The Morgan fingerprint density at radius 1 is 1.24 bits per heavy atom. The lowest BCUT2D eigenvalue weighted by atomic mass is 9.96. The first-order chi connectivity index (χ1) is 16.4. The van der Waals surface area contributed by atoms with Gasteiger partial charge in [0.2, 0.25) is 0 Å². The third-order valence-corrected chi connectivity index (χ3v) is 8.64. The van der Waals surface area contributed by atoms with Gasteiger partial charge in [0, 0.05) is 20.9 Å². The van der Waals surface area contributed by atoms with Crippen LogP contribution >= 0.6 is 15.9 Å². The highest BCUT2D eigenvalue weighted by atomic mass is 79.9. The Bertz CT molecular complexity index is 1340. The molecule has 7 nitrogen and oxygen atoms in total. The molecule has 3 N–H and O–H groups in total. The van der Waals surface area contributed by atoms with Gasteiger partial charge >= 0.3 is 0 Å². The summed E-state index contributed by atoms with van der Waals surface area (Å²) in [5.74, 6) is 0.0841. The third-order valence-electron chi connectivity index (χ3n) is 8.14. The number of piperidine rings is 1. The van der Waals surface area contributed by atoms with Gasteiger partial charge in [-0.3, -0.25) is 0 Å². The lowest BCUT2D eigenvalue weighted by Crippen LogP contribution is -3.10. The van der Waals surface area contributed by atoms with Crippen LogP contribution in [0.1, 0.15) is 24.0 Å². The number of halogens is 1. The number of aliphatic imine (C=N–C) groups is 1. The monoisotopic (exact) mass is 523 g/mol. The lowest BCUT2D eigenvalue weighted by molar-refractivity contribution is -0.899. The number of fused-ring (bicyclic) bond motifs is 2. The van der Waals surface area contributed by atoms with Gasteiger partial charge < -0.3 is 24.3 Å². The lowest BCUT2D eigenvalue weighted by Gasteiger charge is -2.28. The van der Waals surface area contributed by atoms with Gasteiger partial charge in [0.05, 0.1) is 51.3 Å². The molecule has 34 heavy (non-hydrogen) atoms. The number of H-pyrrole nitrogens is 1. The van der Waals surface area contributed by atoms with Crippen molar-refractivity contribution in [3.8, 4) is 5.88 Å². The van der Waals surface area contributed by atoms with Crippen LogP contribution < -0.4 is 4.90 Å². The second-order valence-electron chi connectivity index (χ2n) is 10.2. The highest BCUT2D eigenvalue weighted by Gasteiger charge is 2.67. The SMILES string of the molecule is C[NH+]1CCC2(CC1)C[N+]2(C)CCON=C1C(c2c(O)[nH]c3ccc(Br)cc23)=Nc2ccccc21. The maximum Gasteiger partial charge on any atom is 0.199 e. The van der Waals surface area contributed by atoms with Crippen LogP contribution in [0.15, 0.2) is 57.1 Å². The minimum absolute atomic E-state index is 0.0841. The average molecular weight is 524 g/mol. The summed E-state index contributed by atoms with van der Waals surface area (Å²) in [7, 11) is 4.65. The number of quaternary nitrogens is 2. The van der Waals surface area contributed by atoms with Crippen molar-refractivity contribution in [1.82, 2.24) is 4.98 Å². The number of nitrogens with one attached hydrogen (secondary N) is 2. The minimum atomic E-state index is 0.0841. The molecule has 3 aliphatic rings. The number of likely N-dealkylation sites (N-methyl/N-ethyl adjacent to an activating group) is 1. The highest BCUT2D eigenvalue weighted by Crippen LogP contribution is 2.46. The molecule has 1 aromatic heterocycles. The fourth-order valence-electron chi connectivity index (χ4n) is 5.85. The summed E-state index contributed by atoms with van der Waals surface area (Å²) < 4.78 is 2.02.